The fourth-order valence-corrected chi connectivity index (χ4v) is 0.744. The number of hydrogen-bond acceptors (Lipinski definition) is 0. The van der Waals surface area contributed by atoms with Crippen LogP contribution in [0.5, 0.6) is 0 Å². The molecule has 0 aromatic heterocycles. The van der Waals surface area contributed by atoms with Crippen molar-refractivity contribution in [3.05, 3.63) is 0 Å². The molecule has 0 aromatic rings. The van der Waals surface area contributed by atoms with Crippen molar-refractivity contribution in [3.8, 4) is 0 Å². The van der Waals surface area contributed by atoms with Crippen LogP contribution in [0.25, 0.3) is 0 Å². The Labute approximate surface area is 47.7 Å². The van der Waals surface area contributed by atoms with Crippen LogP contribution in [0.4, 0.5) is 0 Å². The Morgan fingerprint density at radius 1 is 1.29 bits per heavy atom. The zero-order valence-electron chi connectivity index (χ0n) is 5.44. The highest BCUT2D eigenvalue weighted by atomic mass is 14.0. The minimum atomic E-state index is 0.375. The van der Waals surface area contributed by atoms with Gasteiger partial charge >= 0.3 is 0 Å². The largest absolute Gasteiger partial charge is 0.0799 e. The summed E-state index contributed by atoms with van der Waals surface area (Å²) in [6.45, 7) is 6.41. The first-order valence-corrected chi connectivity index (χ1v) is 2.88. The van der Waals surface area contributed by atoms with E-state index in [9.17, 15) is 0 Å². The molecule has 0 aliphatic carbocycles. The van der Waals surface area contributed by atoms with Gasteiger partial charge in [-0.25, -0.2) is 0 Å². The molecule has 7 heavy (non-hydrogen) atoms. The van der Waals surface area contributed by atoms with Crippen LogP contribution in [0.2, 0.25) is 5.82 Å². The van der Waals surface area contributed by atoms with E-state index in [1.165, 1.54) is 0 Å². The van der Waals surface area contributed by atoms with Crippen molar-refractivity contribution >= 4 is 7.85 Å². The van der Waals surface area contributed by atoms with Crippen molar-refractivity contribution in [2.75, 3.05) is 0 Å². The normalized spacial score (nSPS) is 14.9. The first-order chi connectivity index (χ1) is 3.13. The zero-order chi connectivity index (χ0) is 5.86. The summed E-state index contributed by atoms with van der Waals surface area (Å²) in [5.74, 6) is 1.12. The van der Waals surface area contributed by atoms with Crippen molar-refractivity contribution in [2.45, 2.75) is 33.0 Å². The second kappa shape index (κ2) is 3.12. The SMILES string of the molecule is [B][C@@H](C)CC(C)C. The Hall–Kier alpha value is 0.0649. The second-order valence-electron chi connectivity index (χ2n) is 2.61. The molecule has 0 bridgehead atoms. The third-order valence-corrected chi connectivity index (χ3v) is 0.843. The minimum Gasteiger partial charge on any atom is -0.0799 e. The standard InChI is InChI=1S/C6H13B/c1-5(2)4-6(3)7/h5-6H,4H2,1-3H3/t6-/m0/s1. The monoisotopic (exact) mass is 96.1 g/mol. The predicted octanol–water partition coefficient (Wildman–Crippen LogP) is 2.01. The summed E-state index contributed by atoms with van der Waals surface area (Å²) >= 11 is 0. The Bertz CT molecular complexity index is 33.4. The molecule has 0 saturated carbocycles. The van der Waals surface area contributed by atoms with Crippen LogP contribution in [0.1, 0.15) is 27.2 Å². The zero-order valence-corrected chi connectivity index (χ0v) is 5.44. The summed E-state index contributed by atoms with van der Waals surface area (Å²) in [5.41, 5.74) is 0. The lowest BCUT2D eigenvalue weighted by atomic mass is 9.83. The van der Waals surface area contributed by atoms with E-state index in [0.29, 0.717) is 5.82 Å². The smallest absolute Gasteiger partial charge is 0.0695 e. The summed E-state index contributed by atoms with van der Waals surface area (Å²) in [4.78, 5) is 0. The van der Waals surface area contributed by atoms with Gasteiger partial charge < -0.3 is 0 Å². The third-order valence-electron chi connectivity index (χ3n) is 0.843. The third kappa shape index (κ3) is 6.06. The van der Waals surface area contributed by atoms with E-state index in [2.05, 4.69) is 13.8 Å². The molecule has 0 rings (SSSR count). The molecular weight excluding hydrogens is 82.9 g/mol. The van der Waals surface area contributed by atoms with Crippen LogP contribution in [0.15, 0.2) is 0 Å². The second-order valence-corrected chi connectivity index (χ2v) is 2.61. The molecule has 1 heteroatoms. The molecule has 1 atom stereocenters. The van der Waals surface area contributed by atoms with Gasteiger partial charge in [-0.2, -0.15) is 0 Å². The van der Waals surface area contributed by atoms with Gasteiger partial charge in [-0.1, -0.05) is 33.0 Å². The van der Waals surface area contributed by atoms with Crippen LogP contribution in [-0.2, 0) is 0 Å². The van der Waals surface area contributed by atoms with Crippen LogP contribution in [-0.4, -0.2) is 7.85 Å². The van der Waals surface area contributed by atoms with E-state index in [4.69, 9.17) is 7.85 Å². The lowest BCUT2D eigenvalue weighted by Gasteiger charge is -2.05. The molecule has 0 unspecified atom stereocenters. The molecule has 0 amide bonds. The number of rotatable bonds is 2. The van der Waals surface area contributed by atoms with Crippen LogP contribution >= 0.6 is 0 Å². The molecule has 0 saturated heterocycles. The predicted molar refractivity (Wildman–Crippen MR) is 34.6 cm³/mol. The molecule has 40 valence electrons. The number of hydrogen-bond donors (Lipinski definition) is 0. The topological polar surface area (TPSA) is 0 Å². The van der Waals surface area contributed by atoms with E-state index in [1.54, 1.807) is 0 Å². The van der Waals surface area contributed by atoms with Gasteiger partial charge in [-0.05, 0) is 5.92 Å². The van der Waals surface area contributed by atoms with Crippen molar-refractivity contribution in [2.24, 2.45) is 5.92 Å². The van der Waals surface area contributed by atoms with Gasteiger partial charge in [0.15, 0.2) is 0 Å². The average molecular weight is 96.0 g/mol. The maximum atomic E-state index is 5.49. The fraction of sp³-hybridized carbons (Fsp3) is 1.00. The van der Waals surface area contributed by atoms with E-state index < -0.39 is 0 Å². The molecule has 0 aromatic carbocycles. The van der Waals surface area contributed by atoms with E-state index in [-0.39, 0.29) is 0 Å². The van der Waals surface area contributed by atoms with E-state index in [1.807, 2.05) is 6.92 Å². The molecule has 2 radical (unpaired) electrons. The van der Waals surface area contributed by atoms with E-state index in [0.717, 1.165) is 12.3 Å². The highest BCUT2D eigenvalue weighted by molar-refractivity contribution is 6.11. The van der Waals surface area contributed by atoms with Gasteiger partial charge in [0.25, 0.3) is 0 Å². The fourth-order valence-electron chi connectivity index (χ4n) is 0.744. The van der Waals surface area contributed by atoms with Gasteiger partial charge in [0.1, 0.15) is 0 Å². The molecule has 0 nitrogen and oxygen atoms in total. The highest BCUT2D eigenvalue weighted by Crippen LogP contribution is 2.10. The molecule has 0 aliphatic heterocycles. The lowest BCUT2D eigenvalue weighted by Crippen LogP contribution is -1.92. The Morgan fingerprint density at radius 3 is 1.71 bits per heavy atom. The first-order valence-electron chi connectivity index (χ1n) is 2.88. The lowest BCUT2D eigenvalue weighted by molar-refractivity contribution is 0.576. The van der Waals surface area contributed by atoms with Gasteiger partial charge in [0.2, 0.25) is 0 Å². The summed E-state index contributed by atoms with van der Waals surface area (Å²) in [5, 5.41) is 0. The summed E-state index contributed by atoms with van der Waals surface area (Å²) in [7, 11) is 5.49. The summed E-state index contributed by atoms with van der Waals surface area (Å²) < 4.78 is 0. The Kier molecular flexibility index (Phi) is 3.15. The molecule has 0 fully saturated rings. The summed E-state index contributed by atoms with van der Waals surface area (Å²) in [6.07, 6.45) is 1.14. The molecule has 0 spiro atoms. The Morgan fingerprint density at radius 2 is 1.71 bits per heavy atom. The first kappa shape index (κ1) is 7.06. The summed E-state index contributed by atoms with van der Waals surface area (Å²) in [6, 6.07) is 0. The molecule has 0 N–H and O–H groups in total. The maximum Gasteiger partial charge on any atom is 0.0695 e. The van der Waals surface area contributed by atoms with Crippen molar-refractivity contribution in [1.82, 2.24) is 0 Å². The van der Waals surface area contributed by atoms with Crippen molar-refractivity contribution in [1.29, 1.82) is 0 Å². The van der Waals surface area contributed by atoms with Gasteiger partial charge in [-0.15, -0.1) is 0 Å². The molecular formula is C6H13B. The van der Waals surface area contributed by atoms with Crippen molar-refractivity contribution in [3.63, 3.8) is 0 Å². The van der Waals surface area contributed by atoms with Gasteiger partial charge in [0, 0.05) is 0 Å². The quantitative estimate of drug-likeness (QED) is 0.461. The highest BCUT2D eigenvalue weighted by Gasteiger charge is 1.95. The molecule has 0 heterocycles. The van der Waals surface area contributed by atoms with Crippen LogP contribution in [0, 0.1) is 5.92 Å². The van der Waals surface area contributed by atoms with Crippen molar-refractivity contribution < 1.29 is 0 Å². The van der Waals surface area contributed by atoms with Crippen LogP contribution in [0.3, 0.4) is 0 Å². The maximum absolute atomic E-state index is 5.49. The van der Waals surface area contributed by atoms with E-state index >= 15 is 0 Å². The minimum absolute atomic E-state index is 0.375. The van der Waals surface area contributed by atoms with Gasteiger partial charge in [0.05, 0.1) is 7.85 Å². The van der Waals surface area contributed by atoms with Gasteiger partial charge in [-0.3, -0.25) is 0 Å². The molecule has 0 aliphatic rings. The average Bonchev–Trinajstić information content (AvgIpc) is 1.27. The van der Waals surface area contributed by atoms with Crippen LogP contribution < -0.4 is 0 Å². The Balaban J connectivity index is 2.95.